The first-order valence-corrected chi connectivity index (χ1v) is 15.3. The monoisotopic (exact) mass is 513 g/mol. The van der Waals surface area contributed by atoms with Crippen LogP contribution in [0, 0.1) is 5.82 Å². The molecule has 0 saturated carbocycles. The van der Waals surface area contributed by atoms with Crippen LogP contribution in [0.15, 0.2) is 66.9 Å². The van der Waals surface area contributed by atoms with Gasteiger partial charge >= 0.3 is 0 Å². The molecule has 2 aromatic carbocycles. The molecule has 1 aliphatic rings. The van der Waals surface area contributed by atoms with Crippen molar-refractivity contribution in [3.63, 3.8) is 0 Å². The largest absolute Gasteiger partial charge is 0.356 e. The standard InChI is InChI=1S/C30H34FN4OSi/c1-30(2,3)23-10-12-26-22(17-23)18-27(34(26)20-21-8-6-9-24(31)16-21)29(36)35(37(4)5)25-11-13-28(32-19-25)33-14-7-15-33/h6,8-13,16-19H,7,14-15,20H2,1-5H3. The van der Waals surface area contributed by atoms with Gasteiger partial charge in [-0.15, -0.1) is 0 Å². The van der Waals surface area contributed by atoms with E-state index < -0.39 is 8.96 Å². The minimum atomic E-state index is -1.20. The quantitative estimate of drug-likeness (QED) is 0.272. The molecule has 1 radical (unpaired) electrons. The lowest BCUT2D eigenvalue weighted by molar-refractivity contribution is 0.0996. The minimum absolute atomic E-state index is 0.0120. The third-order valence-electron chi connectivity index (χ3n) is 7.04. The second kappa shape index (κ2) is 9.78. The molecule has 2 aromatic heterocycles. The summed E-state index contributed by atoms with van der Waals surface area (Å²) in [7, 11) is -1.20. The second-order valence-electron chi connectivity index (χ2n) is 11.1. The molecule has 0 unspecified atom stereocenters. The van der Waals surface area contributed by atoms with E-state index >= 15 is 0 Å². The summed E-state index contributed by atoms with van der Waals surface area (Å²) >= 11 is 0. The zero-order valence-corrected chi connectivity index (χ0v) is 23.3. The first-order chi connectivity index (χ1) is 17.6. The molecule has 3 heterocycles. The van der Waals surface area contributed by atoms with Crippen LogP contribution >= 0.6 is 0 Å². The van der Waals surface area contributed by atoms with Gasteiger partial charge in [-0.1, -0.05) is 52.1 Å². The molecular weight excluding hydrogens is 479 g/mol. The molecule has 0 N–H and O–H groups in total. The lowest BCUT2D eigenvalue weighted by Gasteiger charge is -2.32. The molecule has 1 fully saturated rings. The van der Waals surface area contributed by atoms with E-state index in [-0.39, 0.29) is 17.1 Å². The van der Waals surface area contributed by atoms with Gasteiger partial charge in [0.1, 0.15) is 17.3 Å². The summed E-state index contributed by atoms with van der Waals surface area (Å²) in [5, 5.41) is 1.01. The van der Waals surface area contributed by atoms with Crippen LogP contribution in [0.25, 0.3) is 10.9 Å². The summed E-state index contributed by atoms with van der Waals surface area (Å²) in [4.78, 5) is 21.1. The summed E-state index contributed by atoms with van der Waals surface area (Å²) in [5.41, 5.74) is 4.39. The molecule has 0 aliphatic carbocycles. The van der Waals surface area contributed by atoms with E-state index in [4.69, 9.17) is 0 Å². The second-order valence-corrected chi connectivity index (χ2v) is 13.4. The zero-order valence-electron chi connectivity index (χ0n) is 22.3. The molecular formula is C30H34FN4OSi. The smallest absolute Gasteiger partial charge is 0.266 e. The number of carbonyl (C=O) groups is 1. The van der Waals surface area contributed by atoms with E-state index in [9.17, 15) is 9.18 Å². The van der Waals surface area contributed by atoms with Crippen LogP contribution in [-0.4, -0.2) is 37.5 Å². The van der Waals surface area contributed by atoms with Crippen LogP contribution in [-0.2, 0) is 12.0 Å². The zero-order chi connectivity index (χ0) is 26.3. The van der Waals surface area contributed by atoms with Gasteiger partial charge < -0.3 is 14.0 Å². The number of hydrogen-bond donors (Lipinski definition) is 0. The lowest BCUT2D eigenvalue weighted by Crippen LogP contribution is -2.41. The highest BCUT2D eigenvalue weighted by Crippen LogP contribution is 2.31. The molecule has 1 amide bonds. The van der Waals surface area contributed by atoms with Crippen molar-refractivity contribution in [2.75, 3.05) is 22.6 Å². The van der Waals surface area contributed by atoms with Crippen molar-refractivity contribution in [2.45, 2.75) is 52.2 Å². The predicted molar refractivity (Wildman–Crippen MR) is 151 cm³/mol. The van der Waals surface area contributed by atoms with Gasteiger partial charge in [0.2, 0.25) is 0 Å². The van der Waals surface area contributed by atoms with Crippen molar-refractivity contribution in [3.8, 4) is 0 Å². The van der Waals surface area contributed by atoms with Crippen LogP contribution in [0.3, 0.4) is 0 Å². The van der Waals surface area contributed by atoms with Gasteiger partial charge in [-0.2, -0.15) is 0 Å². The van der Waals surface area contributed by atoms with E-state index in [2.05, 4.69) is 61.9 Å². The number of rotatable bonds is 6. The number of anilines is 2. The van der Waals surface area contributed by atoms with E-state index in [1.807, 2.05) is 39.6 Å². The number of aromatic nitrogens is 2. The molecule has 7 heteroatoms. The van der Waals surface area contributed by atoms with Crippen molar-refractivity contribution >= 4 is 37.3 Å². The Kier molecular flexibility index (Phi) is 6.66. The molecule has 5 rings (SSSR count). The van der Waals surface area contributed by atoms with Gasteiger partial charge in [-0.05, 0) is 65.4 Å². The first kappa shape index (κ1) is 25.2. The van der Waals surface area contributed by atoms with E-state index in [0.29, 0.717) is 12.2 Å². The number of fused-ring (bicyclic) bond motifs is 1. The fraction of sp³-hybridized carbons (Fsp3) is 0.333. The maximum Gasteiger partial charge on any atom is 0.266 e. The Labute approximate surface area is 220 Å². The molecule has 5 nitrogen and oxygen atoms in total. The number of amides is 1. The van der Waals surface area contributed by atoms with E-state index in [0.717, 1.165) is 41.1 Å². The average Bonchev–Trinajstić information content (AvgIpc) is 3.16. The number of nitrogens with zero attached hydrogens (tertiary/aromatic N) is 4. The van der Waals surface area contributed by atoms with E-state index in [1.165, 1.54) is 24.1 Å². The maximum atomic E-state index is 14.2. The third kappa shape index (κ3) is 5.05. The lowest BCUT2D eigenvalue weighted by atomic mass is 9.86. The molecule has 191 valence electrons. The number of pyridine rings is 1. The molecule has 1 saturated heterocycles. The van der Waals surface area contributed by atoms with E-state index in [1.54, 1.807) is 6.07 Å². The first-order valence-electron chi connectivity index (χ1n) is 12.9. The Morgan fingerprint density at radius 1 is 1.05 bits per heavy atom. The molecule has 4 aromatic rings. The molecule has 0 atom stereocenters. The Balaban J connectivity index is 1.59. The van der Waals surface area contributed by atoms with Crippen LogP contribution in [0.1, 0.15) is 48.8 Å². The number of hydrogen-bond acceptors (Lipinski definition) is 3. The predicted octanol–water partition coefficient (Wildman–Crippen LogP) is 6.63. The van der Waals surface area contributed by atoms with Gasteiger partial charge in [0.05, 0.1) is 11.9 Å². The minimum Gasteiger partial charge on any atom is -0.356 e. The Morgan fingerprint density at radius 3 is 2.43 bits per heavy atom. The van der Waals surface area contributed by atoms with Gasteiger partial charge in [-0.3, -0.25) is 4.79 Å². The van der Waals surface area contributed by atoms with Crippen molar-refractivity contribution in [3.05, 3.63) is 89.5 Å². The topological polar surface area (TPSA) is 41.4 Å². The summed E-state index contributed by atoms with van der Waals surface area (Å²) in [6.45, 7) is 13.3. The molecule has 0 bridgehead atoms. The van der Waals surface area contributed by atoms with Crippen molar-refractivity contribution < 1.29 is 9.18 Å². The van der Waals surface area contributed by atoms with Gasteiger partial charge in [0.15, 0.2) is 8.96 Å². The Morgan fingerprint density at radius 2 is 1.84 bits per heavy atom. The van der Waals surface area contributed by atoms with Crippen LogP contribution in [0.5, 0.6) is 0 Å². The number of carbonyl (C=O) groups excluding carboxylic acids is 1. The van der Waals surface area contributed by atoms with Crippen LogP contribution < -0.4 is 9.47 Å². The SMILES string of the molecule is C[Si](C)N(C(=O)c1cc2cc(C(C)(C)C)ccc2n1Cc1cccc(F)c1)c1ccc(N2CCC2)nc1. The summed E-state index contributed by atoms with van der Waals surface area (Å²) in [6, 6.07) is 19.0. The fourth-order valence-electron chi connectivity index (χ4n) is 4.84. The molecule has 1 aliphatic heterocycles. The third-order valence-corrected chi connectivity index (χ3v) is 8.39. The van der Waals surface area contributed by atoms with Gasteiger partial charge in [0.25, 0.3) is 5.91 Å². The molecule has 37 heavy (non-hydrogen) atoms. The summed E-state index contributed by atoms with van der Waals surface area (Å²) in [5.74, 6) is 0.625. The number of halogens is 1. The molecule has 0 spiro atoms. The average molecular weight is 514 g/mol. The fourth-order valence-corrected chi connectivity index (χ4v) is 6.01. The van der Waals surface area contributed by atoms with Gasteiger partial charge in [-0.25, -0.2) is 9.37 Å². The van der Waals surface area contributed by atoms with Crippen molar-refractivity contribution in [1.82, 2.24) is 9.55 Å². The highest BCUT2D eigenvalue weighted by atomic mass is 28.3. The Hall–Kier alpha value is -3.45. The highest BCUT2D eigenvalue weighted by molar-refractivity contribution is 6.66. The summed E-state index contributed by atoms with van der Waals surface area (Å²) in [6.07, 6.45) is 3.01. The summed E-state index contributed by atoms with van der Waals surface area (Å²) < 4.78 is 18.0. The maximum absolute atomic E-state index is 14.2. The highest BCUT2D eigenvalue weighted by Gasteiger charge is 2.27. The van der Waals surface area contributed by atoms with Crippen LogP contribution in [0.4, 0.5) is 15.9 Å². The van der Waals surface area contributed by atoms with Crippen molar-refractivity contribution in [2.24, 2.45) is 0 Å². The van der Waals surface area contributed by atoms with Crippen molar-refractivity contribution in [1.29, 1.82) is 0 Å². The normalized spacial score (nSPS) is 13.8. The van der Waals surface area contributed by atoms with Crippen LogP contribution in [0.2, 0.25) is 13.1 Å². The Bertz CT molecular complexity index is 1430. The van der Waals surface area contributed by atoms with Gasteiger partial charge in [0, 0.05) is 30.5 Å². The number of benzene rings is 2.